The molecule has 1 aliphatic heterocycles. The number of aliphatic carboxylic acids is 1. The number of ether oxygens (including phenoxy) is 2. The number of amides is 1. The third-order valence-electron chi connectivity index (χ3n) is 3.77. The van der Waals surface area contributed by atoms with E-state index < -0.39 is 12.6 Å². The number of hydrogen-bond donors (Lipinski definition) is 0. The molecular formula is C20H15ClNO5S2-. The molecule has 1 saturated heterocycles. The van der Waals surface area contributed by atoms with Crippen LogP contribution in [-0.2, 0) is 9.59 Å². The SMILES string of the molecule is CCOc1cc(/C=C2/SC(=S)N(c3cccc(Cl)c3)C2=O)ccc1OCC(=O)[O-]. The molecule has 1 aliphatic rings. The summed E-state index contributed by atoms with van der Waals surface area (Å²) < 4.78 is 11.1. The highest BCUT2D eigenvalue weighted by atomic mass is 35.5. The van der Waals surface area contributed by atoms with Crippen LogP contribution in [0, 0.1) is 0 Å². The van der Waals surface area contributed by atoms with E-state index in [0.29, 0.717) is 37.9 Å². The predicted molar refractivity (Wildman–Crippen MR) is 115 cm³/mol. The molecule has 2 aromatic rings. The van der Waals surface area contributed by atoms with Gasteiger partial charge in [-0.3, -0.25) is 9.69 Å². The highest BCUT2D eigenvalue weighted by Crippen LogP contribution is 2.37. The molecule has 0 bridgehead atoms. The molecule has 3 rings (SSSR count). The normalized spacial score (nSPS) is 15.1. The minimum Gasteiger partial charge on any atom is -0.546 e. The molecule has 2 aromatic carbocycles. The molecule has 0 aromatic heterocycles. The number of thioether (sulfide) groups is 1. The first-order valence-corrected chi connectivity index (χ1v) is 10.1. The molecule has 0 saturated carbocycles. The van der Waals surface area contributed by atoms with Crippen molar-refractivity contribution in [2.24, 2.45) is 0 Å². The molecule has 0 radical (unpaired) electrons. The van der Waals surface area contributed by atoms with Crippen LogP contribution in [0.2, 0.25) is 5.02 Å². The molecule has 150 valence electrons. The first kappa shape index (κ1) is 21.2. The van der Waals surface area contributed by atoms with Crippen LogP contribution in [-0.4, -0.2) is 29.4 Å². The van der Waals surface area contributed by atoms with Crippen molar-refractivity contribution >= 4 is 63.5 Å². The van der Waals surface area contributed by atoms with Gasteiger partial charge in [-0.15, -0.1) is 0 Å². The standard InChI is InChI=1S/C20H16ClNO5S2/c1-2-26-16-8-12(6-7-15(16)27-11-18(23)24)9-17-19(25)22(20(28)29-17)14-5-3-4-13(21)10-14/h3-10H,2,11H2,1H3,(H,23,24)/p-1/b17-9+. The van der Waals surface area contributed by atoms with Gasteiger partial charge >= 0.3 is 0 Å². The monoisotopic (exact) mass is 448 g/mol. The van der Waals surface area contributed by atoms with Crippen molar-refractivity contribution in [3.05, 3.63) is 58.0 Å². The van der Waals surface area contributed by atoms with E-state index in [1.807, 2.05) is 0 Å². The van der Waals surface area contributed by atoms with Gasteiger partial charge in [-0.05, 0) is 48.9 Å². The van der Waals surface area contributed by atoms with Crippen molar-refractivity contribution in [2.75, 3.05) is 18.1 Å². The Morgan fingerprint density at radius 1 is 1.24 bits per heavy atom. The van der Waals surface area contributed by atoms with Gasteiger partial charge in [0.05, 0.1) is 23.2 Å². The number of carbonyl (C=O) groups is 2. The van der Waals surface area contributed by atoms with E-state index in [9.17, 15) is 14.7 Å². The average molecular weight is 449 g/mol. The van der Waals surface area contributed by atoms with Crippen molar-refractivity contribution in [3.8, 4) is 11.5 Å². The maximum absolute atomic E-state index is 12.9. The number of anilines is 1. The zero-order chi connectivity index (χ0) is 21.0. The maximum atomic E-state index is 12.9. The Hall–Kier alpha value is -2.55. The first-order chi connectivity index (χ1) is 13.9. The lowest BCUT2D eigenvalue weighted by Crippen LogP contribution is -2.29. The second-order valence-corrected chi connectivity index (χ2v) is 7.91. The number of benzene rings is 2. The van der Waals surface area contributed by atoms with Crippen molar-refractivity contribution < 1.29 is 24.2 Å². The van der Waals surface area contributed by atoms with Crippen LogP contribution < -0.4 is 19.5 Å². The van der Waals surface area contributed by atoms with E-state index in [2.05, 4.69) is 0 Å². The van der Waals surface area contributed by atoms with Gasteiger partial charge in [0.15, 0.2) is 15.8 Å². The lowest BCUT2D eigenvalue weighted by Gasteiger charge is -2.14. The number of thiocarbonyl (C=S) groups is 1. The summed E-state index contributed by atoms with van der Waals surface area (Å²) >= 11 is 12.6. The van der Waals surface area contributed by atoms with E-state index in [1.54, 1.807) is 55.5 Å². The van der Waals surface area contributed by atoms with Crippen LogP contribution in [0.4, 0.5) is 5.69 Å². The number of carbonyl (C=O) groups excluding carboxylic acids is 2. The van der Waals surface area contributed by atoms with Crippen LogP contribution in [0.15, 0.2) is 47.4 Å². The number of halogens is 1. The van der Waals surface area contributed by atoms with Crippen LogP contribution >= 0.6 is 35.6 Å². The largest absolute Gasteiger partial charge is 0.546 e. The average Bonchev–Trinajstić information content (AvgIpc) is 2.94. The third-order valence-corrected chi connectivity index (χ3v) is 5.31. The summed E-state index contributed by atoms with van der Waals surface area (Å²) in [6.45, 7) is 1.57. The predicted octanol–water partition coefficient (Wildman–Crippen LogP) is 3.27. The van der Waals surface area contributed by atoms with Crippen molar-refractivity contribution in [2.45, 2.75) is 6.92 Å². The molecule has 9 heteroatoms. The summed E-state index contributed by atoms with van der Waals surface area (Å²) in [5.41, 5.74) is 1.28. The number of carboxylic acid groups (broad SMARTS) is 1. The maximum Gasteiger partial charge on any atom is 0.270 e. The van der Waals surface area contributed by atoms with Crippen molar-refractivity contribution in [1.29, 1.82) is 0 Å². The van der Waals surface area contributed by atoms with Crippen molar-refractivity contribution in [1.82, 2.24) is 0 Å². The fraction of sp³-hybridized carbons (Fsp3) is 0.150. The summed E-state index contributed by atoms with van der Waals surface area (Å²) in [6.07, 6.45) is 1.69. The summed E-state index contributed by atoms with van der Waals surface area (Å²) in [6, 6.07) is 11.8. The number of carboxylic acids is 1. The van der Waals surface area contributed by atoms with Gasteiger partial charge in [-0.1, -0.05) is 47.7 Å². The number of nitrogens with zero attached hydrogens (tertiary/aromatic N) is 1. The van der Waals surface area contributed by atoms with E-state index in [-0.39, 0.29) is 11.7 Å². The third kappa shape index (κ3) is 5.09. The fourth-order valence-corrected chi connectivity index (χ4v) is 4.08. The molecule has 6 nitrogen and oxygen atoms in total. The molecule has 0 aliphatic carbocycles. The minimum absolute atomic E-state index is 0.252. The number of rotatable bonds is 7. The Morgan fingerprint density at radius 3 is 2.72 bits per heavy atom. The molecule has 0 spiro atoms. The highest BCUT2D eigenvalue weighted by Gasteiger charge is 2.33. The van der Waals surface area contributed by atoms with E-state index in [0.717, 1.165) is 0 Å². The smallest absolute Gasteiger partial charge is 0.270 e. The first-order valence-electron chi connectivity index (χ1n) is 8.52. The Morgan fingerprint density at radius 2 is 2.03 bits per heavy atom. The lowest BCUT2D eigenvalue weighted by atomic mass is 10.1. The van der Waals surface area contributed by atoms with Crippen molar-refractivity contribution in [3.63, 3.8) is 0 Å². The molecule has 1 fully saturated rings. The van der Waals surface area contributed by atoms with Gasteiger partial charge in [0.25, 0.3) is 5.91 Å². The summed E-state index contributed by atoms with van der Waals surface area (Å²) in [5.74, 6) is -0.939. The van der Waals surface area contributed by atoms with Gasteiger partial charge in [0, 0.05) is 5.02 Å². The second kappa shape index (κ2) is 9.30. The summed E-state index contributed by atoms with van der Waals surface area (Å²) in [4.78, 5) is 25.4. The highest BCUT2D eigenvalue weighted by molar-refractivity contribution is 8.27. The van der Waals surface area contributed by atoms with Gasteiger partial charge < -0.3 is 19.4 Å². The summed E-state index contributed by atoms with van der Waals surface area (Å²) in [7, 11) is 0. The minimum atomic E-state index is -1.33. The summed E-state index contributed by atoms with van der Waals surface area (Å²) in [5, 5.41) is 11.1. The Bertz CT molecular complexity index is 1010. The molecular weight excluding hydrogens is 434 g/mol. The molecule has 0 N–H and O–H groups in total. The van der Waals surface area contributed by atoms with E-state index in [4.69, 9.17) is 33.3 Å². The Balaban J connectivity index is 1.87. The van der Waals surface area contributed by atoms with Crippen LogP contribution in [0.1, 0.15) is 12.5 Å². The lowest BCUT2D eigenvalue weighted by molar-refractivity contribution is -0.307. The van der Waals surface area contributed by atoms with Crippen LogP contribution in [0.3, 0.4) is 0 Å². The Kier molecular flexibility index (Phi) is 6.79. The molecule has 1 heterocycles. The van der Waals surface area contributed by atoms with Gasteiger partial charge in [-0.25, -0.2) is 0 Å². The van der Waals surface area contributed by atoms with Gasteiger partial charge in [0.2, 0.25) is 0 Å². The van der Waals surface area contributed by atoms with Crippen LogP contribution in [0.5, 0.6) is 11.5 Å². The molecule has 1 amide bonds. The molecule has 0 unspecified atom stereocenters. The van der Waals surface area contributed by atoms with Gasteiger partial charge in [-0.2, -0.15) is 0 Å². The van der Waals surface area contributed by atoms with Crippen LogP contribution in [0.25, 0.3) is 6.08 Å². The number of hydrogen-bond acceptors (Lipinski definition) is 7. The zero-order valence-electron chi connectivity index (χ0n) is 15.2. The fourth-order valence-electron chi connectivity index (χ4n) is 2.60. The molecule has 0 atom stereocenters. The Labute approximate surface area is 182 Å². The van der Waals surface area contributed by atoms with E-state index >= 15 is 0 Å². The van der Waals surface area contributed by atoms with E-state index in [1.165, 1.54) is 16.7 Å². The topological polar surface area (TPSA) is 78.9 Å². The van der Waals surface area contributed by atoms with Gasteiger partial charge in [0.1, 0.15) is 6.61 Å². The second-order valence-electron chi connectivity index (χ2n) is 5.80. The zero-order valence-corrected chi connectivity index (χ0v) is 17.6. The quantitative estimate of drug-likeness (QED) is 0.475. The molecule has 29 heavy (non-hydrogen) atoms.